The van der Waals surface area contributed by atoms with Gasteiger partial charge in [0, 0.05) is 6.04 Å². The van der Waals surface area contributed by atoms with Gasteiger partial charge in [-0.15, -0.1) is 6.58 Å². The van der Waals surface area contributed by atoms with E-state index >= 15 is 0 Å². The second-order valence-corrected chi connectivity index (χ2v) is 3.36. The lowest BCUT2D eigenvalue weighted by Crippen LogP contribution is -2.15. The van der Waals surface area contributed by atoms with Crippen molar-refractivity contribution in [1.29, 1.82) is 0 Å². The van der Waals surface area contributed by atoms with Crippen molar-refractivity contribution < 1.29 is 4.74 Å². The van der Waals surface area contributed by atoms with E-state index in [9.17, 15) is 0 Å². The first-order valence-electron chi connectivity index (χ1n) is 4.85. The number of pyridine rings is 1. The number of nitrogens with one attached hydrogen (secondary N) is 1. The Kier molecular flexibility index (Phi) is 3.97. The van der Waals surface area contributed by atoms with Crippen molar-refractivity contribution in [3.63, 3.8) is 0 Å². The number of anilines is 2. The number of nitrogens with two attached hydrogens (primary N) is 1. The highest BCUT2D eigenvalue weighted by molar-refractivity contribution is 5.53. The lowest BCUT2D eigenvalue weighted by Gasteiger charge is -2.13. The topological polar surface area (TPSA) is 60.2 Å². The molecular weight excluding hydrogens is 190 g/mol. The molecule has 1 aromatic heterocycles. The molecule has 82 valence electrons. The molecule has 0 fully saturated rings. The number of nitrogen functional groups attached to an aromatic ring is 1. The van der Waals surface area contributed by atoms with Crippen LogP contribution in [0.4, 0.5) is 11.5 Å². The standard InChI is InChI=1S/C11H17N3O/c1-4-5-8(2)13-10-7-6-9(12)11(14-10)15-3/h4,6-8H,1,5,12H2,2-3H3,(H,13,14). The van der Waals surface area contributed by atoms with Gasteiger partial charge in [0.05, 0.1) is 12.8 Å². The third-order valence-electron chi connectivity index (χ3n) is 2.00. The highest BCUT2D eigenvalue weighted by Gasteiger charge is 2.04. The molecule has 0 radical (unpaired) electrons. The molecule has 0 aliphatic carbocycles. The highest BCUT2D eigenvalue weighted by Crippen LogP contribution is 2.20. The van der Waals surface area contributed by atoms with Gasteiger partial charge >= 0.3 is 0 Å². The molecule has 3 N–H and O–H groups in total. The summed E-state index contributed by atoms with van der Waals surface area (Å²) in [5.74, 6) is 1.21. The van der Waals surface area contributed by atoms with Crippen LogP contribution in [0, 0.1) is 0 Å². The zero-order chi connectivity index (χ0) is 11.3. The molecule has 4 heteroatoms. The van der Waals surface area contributed by atoms with E-state index in [1.807, 2.05) is 12.1 Å². The predicted molar refractivity (Wildman–Crippen MR) is 63.1 cm³/mol. The van der Waals surface area contributed by atoms with Gasteiger partial charge in [0.15, 0.2) is 0 Å². The van der Waals surface area contributed by atoms with Crippen molar-refractivity contribution in [2.24, 2.45) is 0 Å². The first-order valence-corrected chi connectivity index (χ1v) is 4.85. The number of nitrogens with zero attached hydrogens (tertiary/aromatic N) is 1. The molecule has 0 bridgehead atoms. The average molecular weight is 207 g/mol. The van der Waals surface area contributed by atoms with Crippen molar-refractivity contribution in [2.75, 3.05) is 18.2 Å². The minimum absolute atomic E-state index is 0.295. The van der Waals surface area contributed by atoms with Crippen LogP contribution in [0.15, 0.2) is 24.8 Å². The van der Waals surface area contributed by atoms with Gasteiger partial charge in [-0.3, -0.25) is 0 Å². The van der Waals surface area contributed by atoms with Gasteiger partial charge in [0.25, 0.3) is 0 Å². The number of hydrogen-bond donors (Lipinski definition) is 2. The van der Waals surface area contributed by atoms with Gasteiger partial charge in [0.2, 0.25) is 5.88 Å². The van der Waals surface area contributed by atoms with Crippen LogP contribution < -0.4 is 15.8 Å². The van der Waals surface area contributed by atoms with Gasteiger partial charge in [-0.2, -0.15) is 4.98 Å². The summed E-state index contributed by atoms with van der Waals surface area (Å²) in [5, 5.41) is 3.23. The maximum Gasteiger partial charge on any atom is 0.238 e. The van der Waals surface area contributed by atoms with E-state index in [4.69, 9.17) is 10.5 Å². The van der Waals surface area contributed by atoms with Crippen LogP contribution in [-0.2, 0) is 0 Å². The Hall–Kier alpha value is -1.71. The average Bonchev–Trinajstić information content (AvgIpc) is 2.21. The molecule has 15 heavy (non-hydrogen) atoms. The molecular formula is C11H17N3O. The van der Waals surface area contributed by atoms with Gasteiger partial charge in [-0.05, 0) is 25.5 Å². The fraction of sp³-hybridized carbons (Fsp3) is 0.364. The summed E-state index contributed by atoms with van der Waals surface area (Å²) >= 11 is 0. The Morgan fingerprint density at radius 3 is 3.00 bits per heavy atom. The number of aromatic nitrogens is 1. The summed E-state index contributed by atoms with van der Waals surface area (Å²) in [4.78, 5) is 4.22. The van der Waals surface area contributed by atoms with E-state index in [1.165, 1.54) is 0 Å². The van der Waals surface area contributed by atoms with Gasteiger partial charge in [0.1, 0.15) is 5.82 Å². The third-order valence-corrected chi connectivity index (χ3v) is 2.00. The molecule has 0 saturated heterocycles. The van der Waals surface area contributed by atoms with Crippen molar-refractivity contribution in [3.8, 4) is 5.88 Å². The van der Waals surface area contributed by atoms with Gasteiger partial charge < -0.3 is 15.8 Å². The zero-order valence-electron chi connectivity index (χ0n) is 9.16. The Labute approximate surface area is 90.2 Å². The molecule has 0 aliphatic rings. The second kappa shape index (κ2) is 5.24. The van der Waals surface area contributed by atoms with Gasteiger partial charge in [-0.1, -0.05) is 6.08 Å². The molecule has 0 saturated carbocycles. The highest BCUT2D eigenvalue weighted by atomic mass is 16.5. The van der Waals surface area contributed by atoms with Crippen molar-refractivity contribution in [2.45, 2.75) is 19.4 Å². The normalized spacial score (nSPS) is 11.9. The Morgan fingerprint density at radius 1 is 1.67 bits per heavy atom. The van der Waals surface area contributed by atoms with Gasteiger partial charge in [-0.25, -0.2) is 0 Å². The summed E-state index contributed by atoms with van der Waals surface area (Å²) in [6, 6.07) is 3.90. The zero-order valence-corrected chi connectivity index (χ0v) is 9.16. The van der Waals surface area contributed by atoms with Crippen molar-refractivity contribution >= 4 is 11.5 Å². The fourth-order valence-corrected chi connectivity index (χ4v) is 1.26. The van der Waals surface area contributed by atoms with Crippen LogP contribution in [-0.4, -0.2) is 18.1 Å². The summed E-state index contributed by atoms with van der Waals surface area (Å²) in [6.07, 6.45) is 2.75. The second-order valence-electron chi connectivity index (χ2n) is 3.36. The quantitative estimate of drug-likeness (QED) is 0.725. The Morgan fingerprint density at radius 2 is 2.40 bits per heavy atom. The van der Waals surface area contributed by atoms with Crippen molar-refractivity contribution in [3.05, 3.63) is 24.8 Å². The monoisotopic (exact) mass is 207 g/mol. The molecule has 1 aromatic rings. The van der Waals surface area contributed by atoms with Crippen molar-refractivity contribution in [1.82, 2.24) is 4.98 Å². The molecule has 4 nitrogen and oxygen atoms in total. The molecule has 0 spiro atoms. The summed E-state index contributed by atoms with van der Waals surface area (Å²) in [5.41, 5.74) is 6.20. The summed E-state index contributed by atoms with van der Waals surface area (Å²) in [6.45, 7) is 5.75. The lowest BCUT2D eigenvalue weighted by atomic mass is 10.2. The van der Waals surface area contributed by atoms with E-state index in [0.717, 1.165) is 12.2 Å². The van der Waals surface area contributed by atoms with Crippen LogP contribution in [0.5, 0.6) is 5.88 Å². The molecule has 0 amide bonds. The first-order chi connectivity index (χ1) is 7.17. The predicted octanol–water partition coefficient (Wildman–Crippen LogP) is 2.05. The maximum absolute atomic E-state index is 5.66. The van der Waals surface area contributed by atoms with Crippen LogP contribution in [0.1, 0.15) is 13.3 Å². The molecule has 1 heterocycles. The minimum atomic E-state index is 0.295. The minimum Gasteiger partial charge on any atom is -0.479 e. The fourth-order valence-electron chi connectivity index (χ4n) is 1.26. The number of ether oxygens (including phenoxy) is 1. The smallest absolute Gasteiger partial charge is 0.238 e. The van der Waals surface area contributed by atoms with Crippen LogP contribution in [0.2, 0.25) is 0 Å². The first kappa shape index (κ1) is 11.4. The molecule has 0 aromatic carbocycles. The van der Waals surface area contributed by atoms with E-state index in [2.05, 4.69) is 23.8 Å². The van der Waals surface area contributed by atoms with E-state index in [1.54, 1.807) is 13.2 Å². The molecule has 1 rings (SSSR count). The summed E-state index contributed by atoms with van der Waals surface area (Å²) in [7, 11) is 1.55. The third kappa shape index (κ3) is 3.16. The Balaban J connectivity index is 2.73. The number of rotatable bonds is 5. The lowest BCUT2D eigenvalue weighted by molar-refractivity contribution is 0.400. The molecule has 1 atom stereocenters. The molecule has 0 aliphatic heterocycles. The molecule has 1 unspecified atom stereocenters. The number of hydrogen-bond acceptors (Lipinski definition) is 4. The number of methoxy groups -OCH3 is 1. The van der Waals surface area contributed by atoms with Crippen LogP contribution in [0.3, 0.4) is 0 Å². The van der Waals surface area contributed by atoms with E-state index < -0.39 is 0 Å². The van der Waals surface area contributed by atoms with E-state index in [-0.39, 0.29) is 0 Å². The van der Waals surface area contributed by atoms with E-state index in [0.29, 0.717) is 17.6 Å². The summed E-state index contributed by atoms with van der Waals surface area (Å²) < 4.78 is 5.03. The van der Waals surface area contributed by atoms with Crippen LogP contribution in [0.25, 0.3) is 0 Å². The Bertz CT molecular complexity index is 339. The largest absolute Gasteiger partial charge is 0.479 e. The maximum atomic E-state index is 5.66. The SMILES string of the molecule is C=CCC(C)Nc1ccc(N)c(OC)n1. The van der Waals surface area contributed by atoms with Crippen LogP contribution >= 0.6 is 0 Å².